The summed E-state index contributed by atoms with van der Waals surface area (Å²) in [5.41, 5.74) is 1.26. The SMILES string of the molecule is CCN(CC)S(=O)(=O)c1cccc(C(=O)Nc2ccc(C(=O)N(C)C)cc2)c1. The predicted octanol–water partition coefficient (Wildman–Crippen LogP) is 2.67. The molecule has 0 saturated carbocycles. The zero-order valence-corrected chi connectivity index (χ0v) is 17.3. The van der Waals surface area contributed by atoms with Crippen molar-refractivity contribution in [2.75, 3.05) is 32.5 Å². The summed E-state index contributed by atoms with van der Waals surface area (Å²) in [6.45, 7) is 4.24. The van der Waals surface area contributed by atoms with Gasteiger partial charge >= 0.3 is 0 Å². The van der Waals surface area contributed by atoms with Crippen molar-refractivity contribution in [2.24, 2.45) is 0 Å². The van der Waals surface area contributed by atoms with Crippen LogP contribution in [0.5, 0.6) is 0 Å². The maximum absolute atomic E-state index is 12.6. The van der Waals surface area contributed by atoms with E-state index in [9.17, 15) is 18.0 Å². The quantitative estimate of drug-likeness (QED) is 0.770. The molecule has 0 atom stereocenters. The number of rotatable bonds is 7. The first kappa shape index (κ1) is 21.6. The van der Waals surface area contributed by atoms with Gasteiger partial charge in [0.25, 0.3) is 11.8 Å². The standard InChI is InChI=1S/C20H25N3O4S/c1-5-23(6-2)28(26,27)18-9-7-8-16(14-18)19(24)21-17-12-10-15(11-13-17)20(25)22(3)4/h7-14H,5-6H2,1-4H3,(H,21,24). The number of nitrogens with zero attached hydrogens (tertiary/aromatic N) is 2. The number of hydrogen-bond donors (Lipinski definition) is 1. The van der Waals surface area contributed by atoms with Gasteiger partial charge in [-0.05, 0) is 42.5 Å². The second-order valence-electron chi connectivity index (χ2n) is 6.35. The van der Waals surface area contributed by atoms with Crippen molar-refractivity contribution in [1.29, 1.82) is 0 Å². The van der Waals surface area contributed by atoms with Crippen LogP contribution in [-0.4, -0.2) is 56.6 Å². The van der Waals surface area contributed by atoms with Gasteiger partial charge in [0.15, 0.2) is 0 Å². The predicted molar refractivity (Wildman–Crippen MR) is 109 cm³/mol. The van der Waals surface area contributed by atoms with E-state index in [1.54, 1.807) is 64.3 Å². The Morgan fingerprint density at radius 1 is 0.929 bits per heavy atom. The molecule has 8 heteroatoms. The molecule has 150 valence electrons. The molecule has 2 rings (SSSR count). The van der Waals surface area contributed by atoms with E-state index in [4.69, 9.17) is 0 Å². The van der Waals surface area contributed by atoms with Gasteiger partial charge in [-0.15, -0.1) is 0 Å². The van der Waals surface area contributed by atoms with E-state index in [2.05, 4.69) is 5.32 Å². The monoisotopic (exact) mass is 403 g/mol. The highest BCUT2D eigenvalue weighted by molar-refractivity contribution is 7.89. The van der Waals surface area contributed by atoms with E-state index in [1.165, 1.54) is 21.3 Å². The van der Waals surface area contributed by atoms with E-state index < -0.39 is 15.9 Å². The molecule has 0 saturated heterocycles. The molecule has 0 unspecified atom stereocenters. The Bertz CT molecular complexity index is 950. The summed E-state index contributed by atoms with van der Waals surface area (Å²) < 4.78 is 26.6. The molecule has 7 nitrogen and oxygen atoms in total. The molecule has 0 heterocycles. The van der Waals surface area contributed by atoms with Crippen molar-refractivity contribution in [1.82, 2.24) is 9.21 Å². The average molecular weight is 404 g/mol. The lowest BCUT2D eigenvalue weighted by atomic mass is 10.1. The second-order valence-corrected chi connectivity index (χ2v) is 8.29. The van der Waals surface area contributed by atoms with Gasteiger partial charge in [0.1, 0.15) is 0 Å². The Balaban J connectivity index is 2.21. The fraction of sp³-hybridized carbons (Fsp3) is 0.300. The van der Waals surface area contributed by atoms with Crippen molar-refractivity contribution in [3.8, 4) is 0 Å². The number of nitrogens with one attached hydrogen (secondary N) is 1. The first-order valence-corrected chi connectivity index (χ1v) is 10.4. The van der Waals surface area contributed by atoms with Crippen LogP contribution >= 0.6 is 0 Å². The van der Waals surface area contributed by atoms with Gasteiger partial charge in [-0.25, -0.2) is 8.42 Å². The van der Waals surface area contributed by atoms with Crippen LogP contribution in [0.2, 0.25) is 0 Å². The summed E-state index contributed by atoms with van der Waals surface area (Å²) in [6, 6.07) is 12.5. The molecule has 0 spiro atoms. The summed E-state index contributed by atoms with van der Waals surface area (Å²) in [5, 5.41) is 2.72. The summed E-state index contributed by atoms with van der Waals surface area (Å²) >= 11 is 0. The molecule has 0 radical (unpaired) electrons. The van der Waals surface area contributed by atoms with E-state index in [0.29, 0.717) is 24.3 Å². The zero-order chi connectivity index (χ0) is 20.9. The summed E-state index contributed by atoms with van der Waals surface area (Å²) in [4.78, 5) is 26.0. The van der Waals surface area contributed by atoms with Crippen LogP contribution in [0.25, 0.3) is 0 Å². The minimum absolute atomic E-state index is 0.0794. The van der Waals surface area contributed by atoms with Crippen LogP contribution in [0.4, 0.5) is 5.69 Å². The van der Waals surface area contributed by atoms with Gasteiger partial charge in [0.2, 0.25) is 10.0 Å². The van der Waals surface area contributed by atoms with Crippen molar-refractivity contribution in [3.05, 3.63) is 59.7 Å². The molecule has 0 aliphatic carbocycles. The summed E-state index contributed by atoms with van der Waals surface area (Å²) in [7, 11) is -0.314. The Labute approximate surface area is 166 Å². The molecule has 28 heavy (non-hydrogen) atoms. The fourth-order valence-electron chi connectivity index (χ4n) is 2.67. The molecular weight excluding hydrogens is 378 g/mol. The van der Waals surface area contributed by atoms with Crippen LogP contribution in [0, 0.1) is 0 Å². The first-order chi connectivity index (χ1) is 13.2. The Morgan fingerprint density at radius 2 is 1.54 bits per heavy atom. The van der Waals surface area contributed by atoms with Crippen LogP contribution in [0.15, 0.2) is 53.4 Å². The van der Waals surface area contributed by atoms with Crippen LogP contribution in [-0.2, 0) is 10.0 Å². The van der Waals surface area contributed by atoms with E-state index in [0.717, 1.165) is 0 Å². The van der Waals surface area contributed by atoms with E-state index >= 15 is 0 Å². The van der Waals surface area contributed by atoms with Crippen molar-refractivity contribution < 1.29 is 18.0 Å². The second kappa shape index (κ2) is 8.99. The fourth-order valence-corrected chi connectivity index (χ4v) is 4.17. The molecule has 2 aromatic carbocycles. The Hall–Kier alpha value is -2.71. The van der Waals surface area contributed by atoms with Gasteiger partial charge < -0.3 is 10.2 Å². The highest BCUT2D eigenvalue weighted by Gasteiger charge is 2.22. The number of carbonyl (C=O) groups excluding carboxylic acids is 2. The topological polar surface area (TPSA) is 86.8 Å². The summed E-state index contributed by atoms with van der Waals surface area (Å²) in [5.74, 6) is -0.560. The zero-order valence-electron chi connectivity index (χ0n) is 16.5. The molecule has 2 aromatic rings. The van der Waals surface area contributed by atoms with Crippen molar-refractivity contribution >= 4 is 27.5 Å². The van der Waals surface area contributed by atoms with Gasteiger partial charge in [-0.2, -0.15) is 4.31 Å². The van der Waals surface area contributed by atoms with Crippen molar-refractivity contribution in [2.45, 2.75) is 18.7 Å². The maximum atomic E-state index is 12.6. The van der Waals surface area contributed by atoms with Gasteiger partial charge in [0.05, 0.1) is 4.90 Å². The summed E-state index contributed by atoms with van der Waals surface area (Å²) in [6.07, 6.45) is 0. The third kappa shape index (κ3) is 4.76. The minimum atomic E-state index is -3.64. The smallest absolute Gasteiger partial charge is 0.255 e. The van der Waals surface area contributed by atoms with Gasteiger partial charge in [-0.1, -0.05) is 19.9 Å². The highest BCUT2D eigenvalue weighted by Crippen LogP contribution is 2.18. The number of benzene rings is 2. The molecule has 0 fully saturated rings. The number of hydrogen-bond acceptors (Lipinski definition) is 4. The normalized spacial score (nSPS) is 11.3. The van der Waals surface area contributed by atoms with Crippen LogP contribution in [0.3, 0.4) is 0 Å². The Morgan fingerprint density at radius 3 is 2.07 bits per heavy atom. The van der Waals surface area contributed by atoms with E-state index in [-0.39, 0.29) is 16.4 Å². The maximum Gasteiger partial charge on any atom is 0.255 e. The van der Waals surface area contributed by atoms with Crippen molar-refractivity contribution in [3.63, 3.8) is 0 Å². The highest BCUT2D eigenvalue weighted by atomic mass is 32.2. The Kier molecular flexibility index (Phi) is 6.93. The first-order valence-electron chi connectivity index (χ1n) is 8.94. The molecule has 0 aromatic heterocycles. The molecule has 2 amide bonds. The lowest BCUT2D eigenvalue weighted by Crippen LogP contribution is -2.30. The number of carbonyl (C=O) groups is 2. The number of sulfonamides is 1. The largest absolute Gasteiger partial charge is 0.345 e. The average Bonchev–Trinajstić information content (AvgIpc) is 2.68. The van der Waals surface area contributed by atoms with Gasteiger partial charge in [0, 0.05) is 44.0 Å². The van der Waals surface area contributed by atoms with E-state index in [1.807, 2.05) is 0 Å². The van der Waals surface area contributed by atoms with Crippen LogP contribution < -0.4 is 5.32 Å². The van der Waals surface area contributed by atoms with Gasteiger partial charge in [-0.3, -0.25) is 9.59 Å². The molecule has 1 N–H and O–H groups in total. The third-order valence-electron chi connectivity index (χ3n) is 4.24. The molecule has 0 aliphatic heterocycles. The lowest BCUT2D eigenvalue weighted by Gasteiger charge is -2.18. The number of amides is 2. The third-order valence-corrected chi connectivity index (χ3v) is 6.28. The molecule has 0 aliphatic rings. The molecule has 0 bridgehead atoms. The minimum Gasteiger partial charge on any atom is -0.345 e. The lowest BCUT2D eigenvalue weighted by molar-refractivity contribution is 0.0827. The van der Waals surface area contributed by atoms with Crippen LogP contribution in [0.1, 0.15) is 34.6 Å². The molecular formula is C20H25N3O4S. The number of anilines is 1.